The van der Waals surface area contributed by atoms with Gasteiger partial charge in [-0.15, -0.1) is 0 Å². The average Bonchev–Trinajstić information content (AvgIpc) is 3.29. The largest absolute Gasteiger partial charge is 0.310 e. The summed E-state index contributed by atoms with van der Waals surface area (Å²) in [5, 5.41) is 12.1. The molecule has 0 aliphatic heterocycles. The summed E-state index contributed by atoms with van der Waals surface area (Å²) in [6.07, 6.45) is 2.31. The van der Waals surface area contributed by atoms with Crippen LogP contribution >= 0.6 is 0 Å². The van der Waals surface area contributed by atoms with Crippen molar-refractivity contribution in [3.05, 3.63) is 59.2 Å². The van der Waals surface area contributed by atoms with Crippen molar-refractivity contribution in [3.8, 4) is 17.2 Å². The third-order valence-corrected chi connectivity index (χ3v) is 3.57. The van der Waals surface area contributed by atoms with E-state index in [9.17, 15) is 8.78 Å². The average molecular weight is 284 g/mol. The molecule has 1 N–H and O–H groups in total. The van der Waals surface area contributed by atoms with Gasteiger partial charge in [-0.05, 0) is 48.2 Å². The van der Waals surface area contributed by atoms with Crippen LogP contribution in [0.5, 0.6) is 0 Å². The molecular formula is C17H14F2N2. The van der Waals surface area contributed by atoms with E-state index in [4.69, 9.17) is 5.26 Å². The molecule has 2 aromatic rings. The number of nitrogens with zero attached hydrogens (tertiary/aromatic N) is 1. The van der Waals surface area contributed by atoms with Gasteiger partial charge in [-0.25, -0.2) is 8.78 Å². The number of benzene rings is 2. The number of rotatable bonds is 4. The SMILES string of the molecule is N#Cc1cc(F)cc(-c2ccc(CNC3CC3)c(F)c2)c1. The van der Waals surface area contributed by atoms with Crippen molar-refractivity contribution in [2.45, 2.75) is 25.4 Å². The van der Waals surface area contributed by atoms with Crippen LogP contribution in [0, 0.1) is 23.0 Å². The van der Waals surface area contributed by atoms with E-state index in [1.54, 1.807) is 18.2 Å². The van der Waals surface area contributed by atoms with Crippen LogP contribution in [0.3, 0.4) is 0 Å². The summed E-state index contributed by atoms with van der Waals surface area (Å²) in [6, 6.07) is 11.3. The van der Waals surface area contributed by atoms with Gasteiger partial charge in [0.15, 0.2) is 0 Å². The number of hydrogen-bond acceptors (Lipinski definition) is 2. The number of hydrogen-bond donors (Lipinski definition) is 1. The van der Waals surface area contributed by atoms with Gasteiger partial charge in [-0.3, -0.25) is 0 Å². The number of nitriles is 1. The van der Waals surface area contributed by atoms with Crippen LogP contribution < -0.4 is 5.32 Å². The summed E-state index contributed by atoms with van der Waals surface area (Å²) in [4.78, 5) is 0. The zero-order valence-corrected chi connectivity index (χ0v) is 11.4. The lowest BCUT2D eigenvalue weighted by atomic mass is 10.0. The molecule has 0 radical (unpaired) electrons. The van der Waals surface area contributed by atoms with E-state index in [-0.39, 0.29) is 11.4 Å². The zero-order chi connectivity index (χ0) is 14.8. The monoisotopic (exact) mass is 284 g/mol. The molecule has 0 aromatic heterocycles. The van der Waals surface area contributed by atoms with Gasteiger partial charge in [0.2, 0.25) is 0 Å². The van der Waals surface area contributed by atoms with Gasteiger partial charge in [0.25, 0.3) is 0 Å². The van der Waals surface area contributed by atoms with E-state index >= 15 is 0 Å². The van der Waals surface area contributed by atoms with Crippen LogP contribution in [0.25, 0.3) is 11.1 Å². The highest BCUT2D eigenvalue weighted by Gasteiger charge is 2.20. The molecule has 0 spiro atoms. The molecule has 2 aromatic carbocycles. The molecule has 0 saturated heterocycles. The molecule has 106 valence electrons. The van der Waals surface area contributed by atoms with Gasteiger partial charge in [0, 0.05) is 18.2 Å². The standard InChI is InChI=1S/C17H14F2N2/c18-15-6-11(9-20)5-14(7-15)12-1-2-13(17(19)8-12)10-21-16-3-4-16/h1-2,5-8,16,21H,3-4,10H2. The first-order valence-corrected chi connectivity index (χ1v) is 6.88. The quantitative estimate of drug-likeness (QED) is 0.928. The first kappa shape index (κ1) is 13.7. The Morgan fingerprint density at radius 3 is 2.57 bits per heavy atom. The fourth-order valence-corrected chi connectivity index (χ4v) is 2.23. The van der Waals surface area contributed by atoms with Crippen molar-refractivity contribution >= 4 is 0 Å². The third-order valence-electron chi connectivity index (χ3n) is 3.57. The Labute approximate surface area is 122 Å². The van der Waals surface area contributed by atoms with Crippen LogP contribution in [0.15, 0.2) is 36.4 Å². The van der Waals surface area contributed by atoms with E-state index < -0.39 is 5.82 Å². The molecule has 0 atom stereocenters. The molecule has 1 fully saturated rings. The van der Waals surface area contributed by atoms with Crippen molar-refractivity contribution in [2.75, 3.05) is 0 Å². The van der Waals surface area contributed by atoms with E-state index in [0.29, 0.717) is 29.3 Å². The molecule has 1 aliphatic rings. The molecule has 2 nitrogen and oxygen atoms in total. The van der Waals surface area contributed by atoms with Crippen molar-refractivity contribution in [1.29, 1.82) is 5.26 Å². The molecule has 1 saturated carbocycles. The fourth-order valence-electron chi connectivity index (χ4n) is 2.23. The Bertz CT molecular complexity index is 715. The lowest BCUT2D eigenvalue weighted by Gasteiger charge is -2.08. The normalized spacial score (nSPS) is 14.0. The van der Waals surface area contributed by atoms with Gasteiger partial charge in [-0.1, -0.05) is 12.1 Å². The molecule has 21 heavy (non-hydrogen) atoms. The van der Waals surface area contributed by atoms with Crippen LogP contribution in [-0.2, 0) is 6.54 Å². The molecule has 0 amide bonds. The van der Waals surface area contributed by atoms with Gasteiger partial charge in [0.05, 0.1) is 11.6 Å². The molecule has 0 unspecified atom stereocenters. The minimum absolute atomic E-state index is 0.227. The molecule has 0 heterocycles. The first-order chi connectivity index (χ1) is 10.2. The molecule has 0 bridgehead atoms. The number of halogens is 2. The smallest absolute Gasteiger partial charge is 0.128 e. The molecule has 1 aliphatic carbocycles. The summed E-state index contributed by atoms with van der Waals surface area (Å²) >= 11 is 0. The maximum atomic E-state index is 14.1. The van der Waals surface area contributed by atoms with Gasteiger partial charge in [-0.2, -0.15) is 5.26 Å². The maximum Gasteiger partial charge on any atom is 0.128 e. The summed E-state index contributed by atoms with van der Waals surface area (Å²) < 4.78 is 27.5. The highest BCUT2D eigenvalue weighted by Crippen LogP contribution is 2.25. The molecular weight excluding hydrogens is 270 g/mol. The van der Waals surface area contributed by atoms with Crippen molar-refractivity contribution in [2.24, 2.45) is 0 Å². The Morgan fingerprint density at radius 2 is 1.90 bits per heavy atom. The predicted molar refractivity (Wildman–Crippen MR) is 76.4 cm³/mol. The van der Waals surface area contributed by atoms with Crippen LogP contribution in [0.4, 0.5) is 8.78 Å². The maximum absolute atomic E-state index is 14.1. The minimum Gasteiger partial charge on any atom is -0.310 e. The van der Waals surface area contributed by atoms with Gasteiger partial charge in [0.1, 0.15) is 11.6 Å². The van der Waals surface area contributed by atoms with E-state index in [1.807, 2.05) is 6.07 Å². The zero-order valence-electron chi connectivity index (χ0n) is 11.4. The molecule has 3 rings (SSSR count). The first-order valence-electron chi connectivity index (χ1n) is 6.88. The summed E-state index contributed by atoms with van der Waals surface area (Å²) in [5.74, 6) is -0.813. The lowest BCUT2D eigenvalue weighted by Crippen LogP contribution is -2.16. The molecule has 4 heteroatoms. The Balaban J connectivity index is 1.87. The third kappa shape index (κ3) is 3.26. The minimum atomic E-state index is -0.496. The highest BCUT2D eigenvalue weighted by atomic mass is 19.1. The van der Waals surface area contributed by atoms with Gasteiger partial charge >= 0.3 is 0 Å². The number of nitrogens with one attached hydrogen (secondary N) is 1. The van der Waals surface area contributed by atoms with Crippen molar-refractivity contribution in [3.63, 3.8) is 0 Å². The highest BCUT2D eigenvalue weighted by molar-refractivity contribution is 5.65. The topological polar surface area (TPSA) is 35.8 Å². The van der Waals surface area contributed by atoms with Crippen molar-refractivity contribution in [1.82, 2.24) is 5.32 Å². The summed E-state index contributed by atoms with van der Waals surface area (Å²) in [6.45, 7) is 0.503. The van der Waals surface area contributed by atoms with Crippen LogP contribution in [0.2, 0.25) is 0 Å². The summed E-state index contributed by atoms with van der Waals surface area (Å²) in [7, 11) is 0. The van der Waals surface area contributed by atoms with E-state index in [2.05, 4.69) is 5.32 Å². The predicted octanol–water partition coefficient (Wildman–Crippen LogP) is 3.76. The van der Waals surface area contributed by atoms with E-state index in [1.165, 1.54) is 12.1 Å². The second-order valence-corrected chi connectivity index (χ2v) is 5.30. The Hall–Kier alpha value is -2.25. The van der Waals surface area contributed by atoms with Crippen LogP contribution in [-0.4, -0.2) is 6.04 Å². The Kier molecular flexibility index (Phi) is 3.68. The van der Waals surface area contributed by atoms with Crippen LogP contribution in [0.1, 0.15) is 24.0 Å². The lowest BCUT2D eigenvalue weighted by molar-refractivity contribution is 0.587. The second-order valence-electron chi connectivity index (χ2n) is 5.30. The van der Waals surface area contributed by atoms with E-state index in [0.717, 1.165) is 18.9 Å². The fraction of sp³-hybridized carbons (Fsp3) is 0.235. The second kappa shape index (κ2) is 5.63. The Morgan fingerprint density at radius 1 is 1.10 bits per heavy atom. The van der Waals surface area contributed by atoms with Gasteiger partial charge < -0.3 is 5.32 Å². The van der Waals surface area contributed by atoms with Crippen molar-refractivity contribution < 1.29 is 8.78 Å². The summed E-state index contributed by atoms with van der Waals surface area (Å²) in [5.41, 5.74) is 1.90.